The van der Waals surface area contributed by atoms with Crippen molar-refractivity contribution in [3.05, 3.63) is 23.5 Å². The number of rotatable bonds is 14. The van der Waals surface area contributed by atoms with Crippen molar-refractivity contribution in [2.24, 2.45) is 5.92 Å². The number of aliphatic hydroxyl groups excluding tert-OH is 1. The summed E-state index contributed by atoms with van der Waals surface area (Å²) in [7, 11) is -4.24. The van der Waals surface area contributed by atoms with E-state index in [0.29, 0.717) is 43.0 Å². The normalized spacial score (nSPS) is 18.2. The molecule has 0 radical (unpaired) electrons. The van der Waals surface area contributed by atoms with Gasteiger partial charge in [0.1, 0.15) is 16.9 Å². The highest BCUT2D eigenvalue weighted by atomic mass is 32.2. The predicted molar refractivity (Wildman–Crippen MR) is 136 cm³/mol. The summed E-state index contributed by atoms with van der Waals surface area (Å²) in [4.78, 5) is 16.9. The number of aliphatic hydroxyl groups is 1. The van der Waals surface area contributed by atoms with Crippen molar-refractivity contribution in [3.63, 3.8) is 0 Å². The van der Waals surface area contributed by atoms with Crippen LogP contribution < -0.4 is 15.4 Å². The standard InChI is InChI=1S/C23H30F4N6O5S2/c24-16(25)10-29-40(36,37)15-9-28-18(8-14(15)12-6-7-12)30-21(34)19(13-4-2-1-3-5-13)31-22(35)20-23(33-38-32-20)39-11-17(26)27/h8-9,12-13,16-17,19,21,29,34H,1-7,10-11H2,(H,28,30)(H,31,35)/t19-,21-/m0/s1. The van der Waals surface area contributed by atoms with Gasteiger partial charge >= 0.3 is 0 Å². The highest BCUT2D eigenvalue weighted by Gasteiger charge is 2.35. The Balaban J connectivity index is 1.53. The number of carbonyl (C=O) groups is 1. The lowest BCUT2D eigenvalue weighted by Gasteiger charge is -2.34. The van der Waals surface area contributed by atoms with Crippen LogP contribution in [0.15, 0.2) is 26.8 Å². The van der Waals surface area contributed by atoms with E-state index in [4.69, 9.17) is 0 Å². The van der Waals surface area contributed by atoms with Gasteiger partial charge in [-0.2, -0.15) is 0 Å². The number of nitrogens with zero attached hydrogens (tertiary/aromatic N) is 3. The summed E-state index contributed by atoms with van der Waals surface area (Å²) in [6, 6.07) is 0.609. The average Bonchev–Trinajstić information content (AvgIpc) is 3.66. The second-order valence-electron chi connectivity index (χ2n) is 9.73. The van der Waals surface area contributed by atoms with Crippen LogP contribution in [0, 0.1) is 5.92 Å². The first-order valence-corrected chi connectivity index (χ1v) is 15.3. The van der Waals surface area contributed by atoms with Crippen LogP contribution in [0.1, 0.15) is 66.9 Å². The Kier molecular flexibility index (Phi) is 10.2. The zero-order chi connectivity index (χ0) is 28.9. The number of sulfonamides is 1. The average molecular weight is 611 g/mol. The molecule has 40 heavy (non-hydrogen) atoms. The molecule has 2 heterocycles. The first-order valence-electron chi connectivity index (χ1n) is 12.8. The molecule has 2 fully saturated rings. The molecule has 0 saturated heterocycles. The lowest BCUT2D eigenvalue weighted by molar-refractivity contribution is 0.0740. The molecule has 2 saturated carbocycles. The lowest BCUT2D eigenvalue weighted by atomic mass is 9.83. The molecule has 0 bridgehead atoms. The summed E-state index contributed by atoms with van der Waals surface area (Å²) < 4.78 is 82.2. The van der Waals surface area contributed by atoms with Crippen molar-refractivity contribution in [1.29, 1.82) is 0 Å². The molecule has 11 nitrogen and oxygen atoms in total. The Labute approximate surface area is 232 Å². The van der Waals surface area contributed by atoms with Crippen molar-refractivity contribution < 1.29 is 40.5 Å². The van der Waals surface area contributed by atoms with Crippen LogP contribution in [0.2, 0.25) is 0 Å². The number of hydrogen-bond acceptors (Lipinski definition) is 10. The molecule has 2 aromatic heterocycles. The zero-order valence-electron chi connectivity index (χ0n) is 21.2. The van der Waals surface area contributed by atoms with E-state index in [9.17, 15) is 35.9 Å². The van der Waals surface area contributed by atoms with Crippen LogP contribution in [0.3, 0.4) is 0 Å². The van der Waals surface area contributed by atoms with E-state index in [1.54, 1.807) is 0 Å². The van der Waals surface area contributed by atoms with E-state index in [1.165, 1.54) is 6.07 Å². The number of amides is 1. The van der Waals surface area contributed by atoms with Gasteiger partial charge in [0.2, 0.25) is 22.1 Å². The summed E-state index contributed by atoms with van der Waals surface area (Å²) in [5.41, 5.74) is 0.109. The molecular formula is C23H30F4N6O5S2. The topological polar surface area (TPSA) is 159 Å². The molecule has 222 valence electrons. The van der Waals surface area contributed by atoms with Gasteiger partial charge in [-0.15, -0.1) is 0 Å². The molecule has 2 aliphatic carbocycles. The minimum Gasteiger partial charge on any atom is -0.372 e. The van der Waals surface area contributed by atoms with Crippen molar-refractivity contribution >= 4 is 33.5 Å². The molecule has 2 aliphatic rings. The van der Waals surface area contributed by atoms with Gasteiger partial charge in [0.15, 0.2) is 5.03 Å². The summed E-state index contributed by atoms with van der Waals surface area (Å²) in [6.07, 6.45) is -0.201. The number of anilines is 1. The quantitative estimate of drug-likeness (QED) is 0.142. The van der Waals surface area contributed by atoms with Crippen molar-refractivity contribution in [1.82, 2.24) is 25.3 Å². The minimum absolute atomic E-state index is 0.100. The number of thioether (sulfide) groups is 1. The van der Waals surface area contributed by atoms with E-state index in [2.05, 4.69) is 30.6 Å². The number of pyridine rings is 1. The summed E-state index contributed by atoms with van der Waals surface area (Å²) in [6.45, 7) is -1.03. The Morgan fingerprint density at radius 2 is 1.82 bits per heavy atom. The molecule has 1 amide bonds. The third-order valence-corrected chi connectivity index (χ3v) is 9.17. The molecule has 0 aliphatic heterocycles. The summed E-state index contributed by atoms with van der Waals surface area (Å²) in [5.74, 6) is -1.47. The van der Waals surface area contributed by atoms with Crippen LogP contribution >= 0.6 is 11.8 Å². The molecule has 4 N–H and O–H groups in total. The second-order valence-corrected chi connectivity index (χ2v) is 12.5. The van der Waals surface area contributed by atoms with Crippen LogP contribution in [-0.2, 0) is 10.0 Å². The van der Waals surface area contributed by atoms with E-state index < -0.39 is 53.3 Å². The van der Waals surface area contributed by atoms with Crippen molar-refractivity contribution in [3.8, 4) is 0 Å². The first kappa shape index (κ1) is 30.5. The lowest BCUT2D eigenvalue weighted by Crippen LogP contribution is -2.52. The Morgan fingerprint density at radius 1 is 1.10 bits per heavy atom. The van der Waals surface area contributed by atoms with Gasteiger partial charge in [-0.25, -0.2) is 40.3 Å². The second kappa shape index (κ2) is 13.4. The zero-order valence-corrected chi connectivity index (χ0v) is 22.9. The fourth-order valence-electron chi connectivity index (χ4n) is 4.69. The SMILES string of the molecule is O=C(N[C@@H](C1CCCCC1)[C@H](O)Nc1cc(C2CC2)c(S(=O)(=O)NCC(F)F)cn1)c1nonc1SCC(F)F. The van der Waals surface area contributed by atoms with Crippen LogP contribution in [0.5, 0.6) is 0 Å². The van der Waals surface area contributed by atoms with E-state index >= 15 is 0 Å². The van der Waals surface area contributed by atoms with E-state index in [-0.39, 0.29) is 33.3 Å². The Bertz CT molecular complexity index is 1260. The number of halogens is 4. The smallest absolute Gasteiger partial charge is 0.276 e. The van der Waals surface area contributed by atoms with Crippen molar-refractivity contribution in [2.75, 3.05) is 17.6 Å². The number of nitrogens with one attached hydrogen (secondary N) is 3. The molecule has 2 aromatic rings. The fourth-order valence-corrected chi connectivity index (χ4v) is 6.56. The number of aromatic nitrogens is 3. The molecule has 0 aromatic carbocycles. The molecule has 17 heteroatoms. The monoisotopic (exact) mass is 610 g/mol. The van der Waals surface area contributed by atoms with Crippen LogP contribution in [-0.4, -0.2) is 72.1 Å². The highest BCUT2D eigenvalue weighted by molar-refractivity contribution is 7.99. The molecule has 0 spiro atoms. The number of carbonyl (C=O) groups excluding carboxylic acids is 1. The number of hydrogen-bond donors (Lipinski definition) is 4. The highest BCUT2D eigenvalue weighted by Crippen LogP contribution is 2.43. The van der Waals surface area contributed by atoms with Gasteiger partial charge in [0.05, 0.1) is 18.3 Å². The van der Waals surface area contributed by atoms with Gasteiger partial charge in [0.25, 0.3) is 12.3 Å². The largest absolute Gasteiger partial charge is 0.372 e. The molecule has 4 rings (SSSR count). The maximum absolute atomic E-state index is 13.0. The van der Waals surface area contributed by atoms with E-state index in [1.807, 2.05) is 4.72 Å². The van der Waals surface area contributed by atoms with Gasteiger partial charge in [0, 0.05) is 6.20 Å². The summed E-state index contributed by atoms with van der Waals surface area (Å²) >= 11 is 0.620. The Hall–Kier alpha value is -2.50. The van der Waals surface area contributed by atoms with Gasteiger partial charge in [-0.1, -0.05) is 31.0 Å². The van der Waals surface area contributed by atoms with Gasteiger partial charge in [-0.3, -0.25) is 4.79 Å². The molecular weight excluding hydrogens is 580 g/mol. The maximum Gasteiger partial charge on any atom is 0.276 e. The van der Waals surface area contributed by atoms with Crippen LogP contribution in [0.4, 0.5) is 23.4 Å². The first-order chi connectivity index (χ1) is 19.0. The Morgan fingerprint density at radius 3 is 2.48 bits per heavy atom. The third kappa shape index (κ3) is 8.04. The van der Waals surface area contributed by atoms with Crippen molar-refractivity contribution in [2.45, 2.75) is 85.9 Å². The number of alkyl halides is 4. The molecule has 2 atom stereocenters. The van der Waals surface area contributed by atoms with E-state index in [0.717, 1.165) is 25.5 Å². The third-order valence-electron chi connectivity index (χ3n) is 6.74. The van der Waals surface area contributed by atoms with Gasteiger partial charge in [-0.05, 0) is 59.5 Å². The fraction of sp³-hybridized carbons (Fsp3) is 0.652. The summed E-state index contributed by atoms with van der Waals surface area (Å²) in [5, 5.41) is 23.7. The van der Waals surface area contributed by atoms with Crippen LogP contribution in [0.25, 0.3) is 0 Å². The minimum atomic E-state index is -4.24. The predicted octanol–water partition coefficient (Wildman–Crippen LogP) is 3.35. The maximum atomic E-state index is 13.0. The molecule has 0 unspecified atom stereocenters. The van der Waals surface area contributed by atoms with Gasteiger partial charge < -0.3 is 15.7 Å².